The third kappa shape index (κ3) is 5.76. The van der Waals surface area contributed by atoms with Gasteiger partial charge in [0.15, 0.2) is 0 Å². The number of aliphatic hydroxyl groups is 1. The summed E-state index contributed by atoms with van der Waals surface area (Å²) in [7, 11) is -2.35. The zero-order valence-electron chi connectivity index (χ0n) is 17.5. The van der Waals surface area contributed by atoms with Gasteiger partial charge in [-0.25, -0.2) is 13.2 Å². The molecular formula is C21H29NO8S. The Labute approximate surface area is 182 Å². The molecule has 172 valence electrons. The van der Waals surface area contributed by atoms with E-state index in [2.05, 4.69) is 0 Å². The first-order chi connectivity index (χ1) is 14.8. The summed E-state index contributed by atoms with van der Waals surface area (Å²) in [4.78, 5) is 11.5. The van der Waals surface area contributed by atoms with Gasteiger partial charge in [-0.1, -0.05) is 6.42 Å². The molecule has 1 aliphatic carbocycles. The fraction of sp³-hybridized carbons (Fsp3) is 0.571. The molecule has 1 saturated carbocycles. The molecule has 10 heteroatoms. The van der Waals surface area contributed by atoms with E-state index < -0.39 is 22.3 Å². The highest BCUT2D eigenvalue weighted by atomic mass is 32.2. The van der Waals surface area contributed by atoms with Crippen LogP contribution >= 0.6 is 0 Å². The molecule has 31 heavy (non-hydrogen) atoms. The number of hydrogen-bond acceptors (Lipinski definition) is 7. The van der Waals surface area contributed by atoms with E-state index >= 15 is 0 Å². The Morgan fingerprint density at radius 2 is 1.94 bits per heavy atom. The predicted octanol–water partition coefficient (Wildman–Crippen LogP) is 1.83. The molecule has 1 aromatic rings. The minimum atomic E-state index is -3.84. The Kier molecular flexibility index (Phi) is 7.93. The molecule has 0 unspecified atom stereocenters. The molecule has 2 aliphatic rings. The average molecular weight is 456 g/mol. The van der Waals surface area contributed by atoms with Crippen LogP contribution in [0.5, 0.6) is 5.75 Å². The highest BCUT2D eigenvalue weighted by Gasteiger charge is 2.35. The molecule has 1 fully saturated rings. The van der Waals surface area contributed by atoms with Crippen molar-refractivity contribution in [1.29, 1.82) is 0 Å². The largest absolute Gasteiger partial charge is 0.497 e. The fourth-order valence-corrected chi connectivity index (χ4v) is 5.20. The highest BCUT2D eigenvalue weighted by Crippen LogP contribution is 2.39. The molecule has 2 atom stereocenters. The zero-order chi connectivity index (χ0) is 22.4. The summed E-state index contributed by atoms with van der Waals surface area (Å²) in [6.07, 6.45) is 4.71. The molecule has 9 nitrogen and oxygen atoms in total. The average Bonchev–Trinajstić information content (AvgIpc) is 2.71. The Hall–Kier alpha value is -2.14. The van der Waals surface area contributed by atoms with E-state index in [1.54, 1.807) is 18.2 Å². The second kappa shape index (κ2) is 10.4. The number of rotatable bonds is 11. The van der Waals surface area contributed by atoms with Gasteiger partial charge in [0.2, 0.25) is 22.1 Å². The lowest BCUT2D eigenvalue weighted by Gasteiger charge is -2.37. The molecule has 0 aromatic heterocycles. The van der Waals surface area contributed by atoms with Gasteiger partial charge in [0, 0.05) is 19.5 Å². The molecule has 0 saturated heterocycles. The number of aliphatic hydroxyl groups excluding tert-OH is 1. The Balaban J connectivity index is 1.62. The van der Waals surface area contributed by atoms with Crippen LogP contribution in [-0.2, 0) is 24.3 Å². The summed E-state index contributed by atoms with van der Waals surface area (Å²) < 4.78 is 43.2. The summed E-state index contributed by atoms with van der Waals surface area (Å²) in [6, 6.07) is 5.99. The third-order valence-corrected chi connectivity index (χ3v) is 7.66. The number of sulfonamides is 1. The molecule has 0 radical (unpaired) electrons. The van der Waals surface area contributed by atoms with E-state index in [-0.39, 0.29) is 42.9 Å². The van der Waals surface area contributed by atoms with Gasteiger partial charge >= 0.3 is 5.97 Å². The van der Waals surface area contributed by atoms with Crippen molar-refractivity contribution in [2.75, 3.05) is 33.4 Å². The van der Waals surface area contributed by atoms with Gasteiger partial charge in [-0.3, -0.25) is 0 Å². The number of benzene rings is 1. The molecule has 1 heterocycles. The van der Waals surface area contributed by atoms with Gasteiger partial charge in [0.25, 0.3) is 0 Å². The standard InChI is InChI=1S/C21H29NO8S/c1-28-17-5-7-18(8-6-17)31(26,27)22(9-11-23)10-12-29-20-14-16(15-3-2-4-15)13-19(30-20)21(24)25/h5-8,13,15-16,20,23H,2-4,9-12,14H2,1H3,(H,24,25)/t16-,20+/m0/s1. The normalized spacial score (nSPS) is 21.8. The van der Waals surface area contributed by atoms with Gasteiger partial charge in [0.05, 0.1) is 25.2 Å². The number of methoxy groups -OCH3 is 1. The van der Waals surface area contributed by atoms with Crippen molar-refractivity contribution < 1.29 is 37.6 Å². The van der Waals surface area contributed by atoms with Gasteiger partial charge in [-0.15, -0.1) is 0 Å². The number of nitrogens with zero attached hydrogens (tertiary/aromatic N) is 1. The molecule has 0 amide bonds. The molecule has 1 aliphatic heterocycles. The van der Waals surface area contributed by atoms with Crippen LogP contribution in [0.2, 0.25) is 0 Å². The van der Waals surface area contributed by atoms with Crippen molar-refractivity contribution in [3.63, 3.8) is 0 Å². The quantitative estimate of drug-likeness (QED) is 0.518. The number of carbonyl (C=O) groups is 1. The fourth-order valence-electron chi connectivity index (χ4n) is 3.78. The summed E-state index contributed by atoms with van der Waals surface area (Å²) in [5.74, 6) is -0.206. The van der Waals surface area contributed by atoms with Gasteiger partial charge in [-0.05, 0) is 55.0 Å². The third-order valence-electron chi connectivity index (χ3n) is 5.75. The van der Waals surface area contributed by atoms with Crippen LogP contribution in [0.25, 0.3) is 0 Å². The van der Waals surface area contributed by atoms with Crippen molar-refractivity contribution in [2.45, 2.75) is 36.9 Å². The van der Waals surface area contributed by atoms with Gasteiger partial charge in [-0.2, -0.15) is 4.31 Å². The van der Waals surface area contributed by atoms with Crippen LogP contribution < -0.4 is 4.74 Å². The first-order valence-electron chi connectivity index (χ1n) is 10.3. The zero-order valence-corrected chi connectivity index (χ0v) is 18.3. The van der Waals surface area contributed by atoms with Crippen LogP contribution in [0.4, 0.5) is 0 Å². The number of carboxylic acid groups (broad SMARTS) is 1. The lowest BCUT2D eigenvalue weighted by molar-refractivity contribution is -0.161. The minimum absolute atomic E-state index is 0.00430. The molecule has 0 bridgehead atoms. The molecular weight excluding hydrogens is 426 g/mol. The van der Waals surface area contributed by atoms with Crippen LogP contribution in [-0.4, -0.2) is 68.6 Å². The van der Waals surface area contributed by atoms with Crippen molar-refractivity contribution in [2.24, 2.45) is 11.8 Å². The smallest absolute Gasteiger partial charge is 0.370 e. The van der Waals surface area contributed by atoms with Crippen molar-refractivity contribution in [3.05, 3.63) is 36.1 Å². The van der Waals surface area contributed by atoms with Crippen LogP contribution in [0.3, 0.4) is 0 Å². The van der Waals surface area contributed by atoms with Crippen molar-refractivity contribution >= 4 is 16.0 Å². The highest BCUT2D eigenvalue weighted by molar-refractivity contribution is 7.89. The number of aliphatic carboxylic acids is 1. The van der Waals surface area contributed by atoms with E-state index in [0.717, 1.165) is 23.6 Å². The molecule has 2 N–H and O–H groups in total. The molecule has 3 rings (SSSR count). The van der Waals surface area contributed by atoms with Gasteiger partial charge < -0.3 is 24.4 Å². The number of allylic oxidation sites excluding steroid dienone is 1. The molecule has 1 aromatic carbocycles. The summed E-state index contributed by atoms with van der Waals surface area (Å²) in [6.45, 7) is -0.432. The summed E-state index contributed by atoms with van der Waals surface area (Å²) in [5, 5.41) is 18.7. The number of hydrogen-bond donors (Lipinski definition) is 2. The predicted molar refractivity (Wildman–Crippen MR) is 111 cm³/mol. The van der Waals surface area contributed by atoms with Crippen molar-refractivity contribution in [3.8, 4) is 5.75 Å². The SMILES string of the molecule is COc1ccc(S(=O)(=O)N(CCO)CCO[C@H]2C[C@@H](C3CCC3)C=C(C(=O)O)O2)cc1. The maximum absolute atomic E-state index is 12.9. The lowest BCUT2D eigenvalue weighted by Crippen LogP contribution is -2.38. The first-order valence-corrected chi connectivity index (χ1v) is 11.8. The van der Waals surface area contributed by atoms with Gasteiger partial charge in [0.1, 0.15) is 5.75 Å². The summed E-state index contributed by atoms with van der Waals surface area (Å²) in [5.41, 5.74) is 0. The first kappa shape index (κ1) is 23.5. The van der Waals surface area contributed by atoms with Crippen molar-refractivity contribution in [1.82, 2.24) is 4.31 Å². The minimum Gasteiger partial charge on any atom is -0.497 e. The van der Waals surface area contributed by atoms with E-state index in [1.807, 2.05) is 0 Å². The monoisotopic (exact) mass is 455 g/mol. The number of carboxylic acids is 1. The topological polar surface area (TPSA) is 123 Å². The maximum atomic E-state index is 12.9. The Morgan fingerprint density at radius 1 is 1.23 bits per heavy atom. The molecule has 0 spiro atoms. The van der Waals surface area contributed by atoms with Crippen LogP contribution in [0.1, 0.15) is 25.7 Å². The van der Waals surface area contributed by atoms with E-state index in [0.29, 0.717) is 18.1 Å². The second-order valence-electron chi connectivity index (χ2n) is 7.65. The van der Waals surface area contributed by atoms with Crippen LogP contribution in [0, 0.1) is 11.8 Å². The second-order valence-corrected chi connectivity index (χ2v) is 9.59. The Morgan fingerprint density at radius 3 is 2.48 bits per heavy atom. The van der Waals surface area contributed by atoms with E-state index in [9.17, 15) is 23.4 Å². The number of ether oxygens (including phenoxy) is 3. The van der Waals surface area contributed by atoms with E-state index in [4.69, 9.17) is 14.2 Å². The Bertz CT molecular complexity index is 879. The summed E-state index contributed by atoms with van der Waals surface area (Å²) >= 11 is 0. The maximum Gasteiger partial charge on any atom is 0.370 e. The van der Waals surface area contributed by atoms with E-state index in [1.165, 1.54) is 19.2 Å². The lowest BCUT2D eigenvalue weighted by atomic mass is 9.73. The van der Waals surface area contributed by atoms with Crippen LogP contribution in [0.15, 0.2) is 41.0 Å².